The first kappa shape index (κ1) is 14.3. The minimum absolute atomic E-state index is 0.331. The van der Waals surface area contributed by atoms with Gasteiger partial charge in [-0.2, -0.15) is 0 Å². The summed E-state index contributed by atoms with van der Waals surface area (Å²) >= 11 is 0. The first-order valence-electron chi connectivity index (χ1n) is 7.67. The van der Waals surface area contributed by atoms with Crippen LogP contribution in [0.4, 0.5) is 5.69 Å². The number of aryl methyl sites for hydroxylation is 2. The highest BCUT2D eigenvalue weighted by Gasteiger charge is 2.36. The third kappa shape index (κ3) is 2.60. The van der Waals surface area contributed by atoms with E-state index in [9.17, 15) is 9.59 Å². The van der Waals surface area contributed by atoms with Crippen molar-refractivity contribution in [1.82, 2.24) is 0 Å². The fourth-order valence-electron chi connectivity index (χ4n) is 3.39. The maximum atomic E-state index is 12.2. The molecule has 2 aliphatic heterocycles. The van der Waals surface area contributed by atoms with Gasteiger partial charge in [-0.25, -0.2) is 0 Å². The number of carbonyl (C=O) groups excluding carboxylic acids is 2. The third-order valence-electron chi connectivity index (χ3n) is 4.33. The molecule has 1 atom stereocenters. The average molecular weight is 287 g/mol. The molecular weight excluding hydrogens is 266 g/mol. The highest BCUT2D eigenvalue weighted by Crippen LogP contribution is 2.33. The zero-order valence-corrected chi connectivity index (χ0v) is 12.6. The minimum atomic E-state index is -0.383. The van der Waals surface area contributed by atoms with E-state index in [2.05, 4.69) is 0 Å². The lowest BCUT2D eigenvalue weighted by Crippen LogP contribution is -2.31. The predicted octanol–water partition coefficient (Wildman–Crippen LogP) is 2.79. The van der Waals surface area contributed by atoms with Crippen LogP contribution < -0.4 is 4.90 Å². The Morgan fingerprint density at radius 1 is 1.29 bits per heavy atom. The van der Waals surface area contributed by atoms with Crippen molar-refractivity contribution in [2.75, 3.05) is 18.1 Å². The maximum Gasteiger partial charge on any atom is 0.299 e. The largest absolute Gasteiger partial charge is 0.378 e. The van der Waals surface area contributed by atoms with Crippen LogP contribution in [0.25, 0.3) is 0 Å². The van der Waals surface area contributed by atoms with Gasteiger partial charge in [0.25, 0.3) is 11.7 Å². The van der Waals surface area contributed by atoms with Gasteiger partial charge in [0.05, 0.1) is 17.4 Å². The summed E-state index contributed by atoms with van der Waals surface area (Å²) in [6, 6.07) is 3.85. The van der Waals surface area contributed by atoms with E-state index in [1.54, 1.807) is 4.90 Å². The van der Waals surface area contributed by atoms with E-state index in [0.717, 1.165) is 49.1 Å². The number of rotatable bonds is 4. The molecular formula is C17H21NO3. The second-order valence-corrected chi connectivity index (χ2v) is 6.04. The summed E-state index contributed by atoms with van der Waals surface area (Å²) in [4.78, 5) is 26.0. The zero-order chi connectivity index (χ0) is 15.0. The van der Waals surface area contributed by atoms with E-state index in [1.165, 1.54) is 0 Å². The molecule has 2 aliphatic rings. The van der Waals surface area contributed by atoms with Crippen LogP contribution in [0.15, 0.2) is 12.1 Å². The summed E-state index contributed by atoms with van der Waals surface area (Å²) in [6.45, 7) is 5.37. The van der Waals surface area contributed by atoms with Gasteiger partial charge in [-0.1, -0.05) is 6.07 Å². The van der Waals surface area contributed by atoms with Crippen molar-refractivity contribution < 1.29 is 14.3 Å². The van der Waals surface area contributed by atoms with Gasteiger partial charge in [0, 0.05) is 13.2 Å². The number of benzene rings is 1. The Morgan fingerprint density at radius 2 is 2.10 bits per heavy atom. The monoisotopic (exact) mass is 287 g/mol. The normalized spacial score (nSPS) is 21.2. The van der Waals surface area contributed by atoms with Gasteiger partial charge >= 0.3 is 0 Å². The molecule has 1 unspecified atom stereocenters. The van der Waals surface area contributed by atoms with Crippen LogP contribution in [-0.2, 0) is 9.53 Å². The summed E-state index contributed by atoms with van der Waals surface area (Å²) in [5.41, 5.74) is 3.40. The molecule has 0 aliphatic carbocycles. The number of nitrogens with zero attached hydrogens (tertiary/aromatic N) is 1. The summed E-state index contributed by atoms with van der Waals surface area (Å²) in [5.74, 6) is -0.750. The molecule has 1 amide bonds. The minimum Gasteiger partial charge on any atom is -0.378 e. The lowest BCUT2D eigenvalue weighted by Gasteiger charge is -2.19. The number of anilines is 1. The Morgan fingerprint density at radius 3 is 2.81 bits per heavy atom. The van der Waals surface area contributed by atoms with Crippen LogP contribution in [0.3, 0.4) is 0 Å². The fraction of sp³-hybridized carbons (Fsp3) is 0.529. The quantitative estimate of drug-likeness (QED) is 0.800. The lowest BCUT2D eigenvalue weighted by molar-refractivity contribution is -0.114. The number of ketones is 1. The Balaban J connectivity index is 1.74. The van der Waals surface area contributed by atoms with Gasteiger partial charge in [0.1, 0.15) is 0 Å². The van der Waals surface area contributed by atoms with Gasteiger partial charge in [0.15, 0.2) is 0 Å². The Labute approximate surface area is 125 Å². The molecule has 1 fully saturated rings. The van der Waals surface area contributed by atoms with Gasteiger partial charge in [-0.3, -0.25) is 9.59 Å². The molecule has 4 heteroatoms. The summed E-state index contributed by atoms with van der Waals surface area (Å²) in [5, 5.41) is 0. The van der Waals surface area contributed by atoms with Gasteiger partial charge < -0.3 is 9.64 Å². The van der Waals surface area contributed by atoms with Crippen LogP contribution in [0, 0.1) is 13.8 Å². The van der Waals surface area contributed by atoms with Crippen molar-refractivity contribution in [2.24, 2.45) is 0 Å². The molecule has 0 radical (unpaired) electrons. The van der Waals surface area contributed by atoms with Crippen molar-refractivity contribution >= 4 is 17.4 Å². The molecule has 0 N–H and O–H groups in total. The number of fused-ring (bicyclic) bond motifs is 1. The van der Waals surface area contributed by atoms with Crippen molar-refractivity contribution in [3.8, 4) is 0 Å². The molecule has 21 heavy (non-hydrogen) atoms. The van der Waals surface area contributed by atoms with Crippen LogP contribution in [0.2, 0.25) is 0 Å². The van der Waals surface area contributed by atoms with E-state index in [0.29, 0.717) is 18.2 Å². The van der Waals surface area contributed by atoms with E-state index >= 15 is 0 Å². The summed E-state index contributed by atoms with van der Waals surface area (Å²) in [7, 11) is 0. The first-order valence-corrected chi connectivity index (χ1v) is 7.67. The standard InChI is InChI=1S/C17H21NO3/c1-11-9-12(2)15-14(10-11)16(19)17(20)18(15)7-3-5-13-6-4-8-21-13/h9-10,13H,3-8H2,1-2H3. The number of hydrogen-bond donors (Lipinski definition) is 0. The van der Waals surface area contributed by atoms with Crippen LogP contribution in [0.5, 0.6) is 0 Å². The van der Waals surface area contributed by atoms with Crippen molar-refractivity contribution in [2.45, 2.75) is 45.6 Å². The Bertz CT molecular complexity index is 588. The number of ether oxygens (including phenoxy) is 1. The SMILES string of the molecule is Cc1cc(C)c2c(c1)C(=O)C(=O)N2CCCC1CCCO1. The Kier molecular flexibility index (Phi) is 3.81. The Hall–Kier alpha value is -1.68. The van der Waals surface area contributed by atoms with Crippen LogP contribution in [-0.4, -0.2) is 30.9 Å². The van der Waals surface area contributed by atoms with Gasteiger partial charge in [0.2, 0.25) is 0 Å². The number of carbonyl (C=O) groups is 2. The highest BCUT2D eigenvalue weighted by atomic mass is 16.5. The topological polar surface area (TPSA) is 46.6 Å². The molecule has 0 aromatic heterocycles. The average Bonchev–Trinajstić information content (AvgIpc) is 3.02. The van der Waals surface area contributed by atoms with Gasteiger partial charge in [-0.05, 0) is 56.7 Å². The molecule has 1 aromatic carbocycles. The highest BCUT2D eigenvalue weighted by molar-refractivity contribution is 6.52. The second kappa shape index (κ2) is 5.60. The molecule has 112 valence electrons. The van der Waals surface area contributed by atoms with E-state index in [1.807, 2.05) is 26.0 Å². The predicted molar refractivity (Wildman–Crippen MR) is 80.8 cm³/mol. The van der Waals surface area contributed by atoms with Crippen LogP contribution in [0.1, 0.15) is 47.2 Å². The van der Waals surface area contributed by atoms with Crippen LogP contribution >= 0.6 is 0 Å². The van der Waals surface area contributed by atoms with Crippen molar-refractivity contribution in [3.05, 3.63) is 28.8 Å². The molecule has 0 bridgehead atoms. The first-order chi connectivity index (χ1) is 10.1. The molecule has 1 aromatic rings. The third-order valence-corrected chi connectivity index (χ3v) is 4.33. The summed E-state index contributed by atoms with van der Waals surface area (Å²) in [6.07, 6.45) is 4.40. The second-order valence-electron chi connectivity index (χ2n) is 6.04. The number of amides is 1. The molecule has 4 nitrogen and oxygen atoms in total. The van der Waals surface area contributed by atoms with Crippen molar-refractivity contribution in [1.29, 1.82) is 0 Å². The van der Waals surface area contributed by atoms with E-state index in [-0.39, 0.29) is 11.7 Å². The van der Waals surface area contributed by atoms with Gasteiger partial charge in [-0.15, -0.1) is 0 Å². The van der Waals surface area contributed by atoms with E-state index < -0.39 is 0 Å². The summed E-state index contributed by atoms with van der Waals surface area (Å²) < 4.78 is 5.60. The smallest absolute Gasteiger partial charge is 0.299 e. The molecule has 0 saturated carbocycles. The zero-order valence-electron chi connectivity index (χ0n) is 12.6. The fourth-order valence-corrected chi connectivity index (χ4v) is 3.39. The number of Topliss-reactive ketones (excluding diaryl/α,β-unsaturated/α-hetero) is 1. The molecule has 0 spiro atoms. The lowest BCUT2D eigenvalue weighted by atomic mass is 10.0. The van der Waals surface area contributed by atoms with Crippen molar-refractivity contribution in [3.63, 3.8) is 0 Å². The molecule has 2 heterocycles. The number of hydrogen-bond acceptors (Lipinski definition) is 3. The van der Waals surface area contributed by atoms with E-state index in [4.69, 9.17) is 4.74 Å². The maximum absolute atomic E-state index is 12.2. The molecule has 1 saturated heterocycles. The molecule has 3 rings (SSSR count).